The average Bonchev–Trinajstić information content (AvgIpc) is 2.65. The summed E-state index contributed by atoms with van der Waals surface area (Å²) in [6, 6.07) is 7.94. The van der Waals surface area contributed by atoms with E-state index in [0.717, 1.165) is 17.7 Å². The van der Waals surface area contributed by atoms with Crippen molar-refractivity contribution in [2.24, 2.45) is 0 Å². The lowest BCUT2D eigenvalue weighted by atomic mass is 10.2. The van der Waals surface area contributed by atoms with E-state index in [-0.39, 0.29) is 0 Å². The van der Waals surface area contributed by atoms with Crippen molar-refractivity contribution >= 4 is 6.08 Å². The zero-order valence-corrected chi connectivity index (χ0v) is 9.80. The maximum absolute atomic E-state index is 5.74. The fourth-order valence-electron chi connectivity index (χ4n) is 1.62. The lowest BCUT2D eigenvalue weighted by Gasteiger charge is -2.07. The van der Waals surface area contributed by atoms with Gasteiger partial charge in [-0.1, -0.05) is 55.2 Å². The molecule has 17 heavy (non-hydrogen) atoms. The van der Waals surface area contributed by atoms with Crippen LogP contribution in [0.1, 0.15) is 12.0 Å². The molecule has 1 heteroatoms. The molecule has 0 saturated heterocycles. The van der Waals surface area contributed by atoms with Crippen LogP contribution >= 0.6 is 0 Å². The van der Waals surface area contributed by atoms with Gasteiger partial charge in [0.1, 0.15) is 12.4 Å². The van der Waals surface area contributed by atoms with Crippen molar-refractivity contribution in [3.63, 3.8) is 0 Å². The fraction of sp³-hybridized carbons (Fsp3) is 0.125. The van der Waals surface area contributed by atoms with Crippen LogP contribution in [0.2, 0.25) is 0 Å². The Morgan fingerprint density at radius 2 is 2.24 bits per heavy atom. The van der Waals surface area contributed by atoms with Gasteiger partial charge in [0.2, 0.25) is 0 Å². The summed E-state index contributed by atoms with van der Waals surface area (Å²) in [5.41, 5.74) is 2.26. The van der Waals surface area contributed by atoms with E-state index >= 15 is 0 Å². The Labute approximate surface area is 102 Å². The monoisotopic (exact) mass is 224 g/mol. The highest BCUT2D eigenvalue weighted by atomic mass is 16.5. The summed E-state index contributed by atoms with van der Waals surface area (Å²) in [4.78, 5) is 0. The summed E-state index contributed by atoms with van der Waals surface area (Å²) in [5, 5.41) is 0. The van der Waals surface area contributed by atoms with E-state index < -0.39 is 0 Å². The van der Waals surface area contributed by atoms with Crippen LogP contribution in [0.15, 0.2) is 66.8 Å². The van der Waals surface area contributed by atoms with Gasteiger partial charge in [0.15, 0.2) is 0 Å². The van der Waals surface area contributed by atoms with Crippen LogP contribution in [0.5, 0.6) is 5.75 Å². The Morgan fingerprint density at radius 1 is 1.29 bits per heavy atom. The predicted octanol–water partition coefficient (Wildman–Crippen LogP) is 4.15. The lowest BCUT2D eigenvalue weighted by molar-refractivity contribution is 0.355. The molecule has 1 nitrogen and oxygen atoms in total. The molecule has 1 aliphatic carbocycles. The second-order valence-corrected chi connectivity index (χ2v) is 3.87. The van der Waals surface area contributed by atoms with Crippen molar-refractivity contribution in [1.29, 1.82) is 0 Å². The van der Waals surface area contributed by atoms with E-state index in [0.29, 0.717) is 6.61 Å². The van der Waals surface area contributed by atoms with Crippen LogP contribution in [0.3, 0.4) is 0 Å². The van der Waals surface area contributed by atoms with E-state index in [1.54, 1.807) is 0 Å². The molecule has 1 aromatic carbocycles. The molecule has 0 N–H and O–H groups in total. The minimum absolute atomic E-state index is 0.599. The van der Waals surface area contributed by atoms with Crippen molar-refractivity contribution in [2.75, 3.05) is 6.61 Å². The standard InChI is InChI=1S/C16H16O/c1-2-14-10-7-11-16(12-14)17-13-15-8-5-3-4-6-9-15/h2-3,5-12H,1,4,13H2. The topological polar surface area (TPSA) is 9.23 Å². The molecule has 86 valence electrons. The third kappa shape index (κ3) is 3.49. The Bertz CT molecular complexity index is 478. The first kappa shape index (κ1) is 11.5. The maximum atomic E-state index is 5.74. The predicted molar refractivity (Wildman–Crippen MR) is 73.0 cm³/mol. The first-order valence-electron chi connectivity index (χ1n) is 5.76. The summed E-state index contributed by atoms with van der Waals surface area (Å²) < 4.78 is 5.74. The van der Waals surface area contributed by atoms with Gasteiger partial charge in [-0.2, -0.15) is 0 Å². The van der Waals surface area contributed by atoms with Crippen LogP contribution in [-0.2, 0) is 0 Å². The molecule has 0 radical (unpaired) electrons. The smallest absolute Gasteiger partial charge is 0.120 e. The van der Waals surface area contributed by atoms with Gasteiger partial charge >= 0.3 is 0 Å². The van der Waals surface area contributed by atoms with E-state index in [1.807, 2.05) is 30.3 Å². The highest BCUT2D eigenvalue weighted by molar-refractivity contribution is 5.49. The molecule has 0 bridgehead atoms. The van der Waals surface area contributed by atoms with Gasteiger partial charge in [-0.3, -0.25) is 0 Å². The molecule has 1 aliphatic rings. The third-order valence-corrected chi connectivity index (χ3v) is 2.55. The van der Waals surface area contributed by atoms with Crippen molar-refractivity contribution in [2.45, 2.75) is 6.42 Å². The Kier molecular flexibility index (Phi) is 3.98. The highest BCUT2D eigenvalue weighted by Gasteiger charge is 1.97. The van der Waals surface area contributed by atoms with Crippen LogP contribution in [-0.4, -0.2) is 6.61 Å². The van der Waals surface area contributed by atoms with Gasteiger partial charge in [-0.05, 0) is 29.7 Å². The van der Waals surface area contributed by atoms with Crippen molar-refractivity contribution in [3.05, 3.63) is 72.4 Å². The Balaban J connectivity index is 1.99. The molecule has 0 spiro atoms. The third-order valence-electron chi connectivity index (χ3n) is 2.55. The van der Waals surface area contributed by atoms with E-state index in [9.17, 15) is 0 Å². The average molecular weight is 224 g/mol. The summed E-state index contributed by atoms with van der Waals surface area (Å²) in [7, 11) is 0. The van der Waals surface area contributed by atoms with E-state index in [1.165, 1.54) is 5.57 Å². The molecule has 0 unspecified atom stereocenters. The maximum Gasteiger partial charge on any atom is 0.120 e. The summed E-state index contributed by atoms with van der Waals surface area (Å²) >= 11 is 0. The zero-order valence-electron chi connectivity index (χ0n) is 9.80. The van der Waals surface area contributed by atoms with Gasteiger partial charge in [-0.15, -0.1) is 0 Å². The summed E-state index contributed by atoms with van der Waals surface area (Å²) in [6.07, 6.45) is 13.3. The van der Waals surface area contributed by atoms with Crippen LogP contribution < -0.4 is 4.74 Å². The number of hydrogen-bond donors (Lipinski definition) is 0. The van der Waals surface area contributed by atoms with Gasteiger partial charge in [-0.25, -0.2) is 0 Å². The molecule has 0 amide bonds. The number of rotatable bonds is 4. The molecular weight excluding hydrogens is 208 g/mol. The largest absolute Gasteiger partial charge is 0.489 e. The minimum atomic E-state index is 0.599. The Hall–Kier alpha value is -2.02. The minimum Gasteiger partial charge on any atom is -0.489 e. The zero-order chi connectivity index (χ0) is 11.9. The molecule has 0 atom stereocenters. The summed E-state index contributed by atoms with van der Waals surface area (Å²) in [5.74, 6) is 0.880. The van der Waals surface area contributed by atoms with Crippen LogP contribution in [0, 0.1) is 0 Å². The molecule has 0 fully saturated rings. The SMILES string of the molecule is C=Cc1cccc(OCC2=CC=CCC=C2)c1. The van der Waals surface area contributed by atoms with Crippen molar-refractivity contribution in [3.8, 4) is 5.75 Å². The molecule has 2 rings (SSSR count). The lowest BCUT2D eigenvalue weighted by Crippen LogP contribution is -1.99. The second-order valence-electron chi connectivity index (χ2n) is 3.87. The molecule has 0 saturated carbocycles. The van der Waals surface area contributed by atoms with Crippen molar-refractivity contribution in [1.82, 2.24) is 0 Å². The fourth-order valence-corrected chi connectivity index (χ4v) is 1.62. The van der Waals surface area contributed by atoms with Gasteiger partial charge in [0.25, 0.3) is 0 Å². The Morgan fingerprint density at radius 3 is 3.12 bits per heavy atom. The van der Waals surface area contributed by atoms with E-state index in [4.69, 9.17) is 4.74 Å². The summed E-state index contributed by atoms with van der Waals surface area (Å²) in [6.45, 7) is 4.35. The van der Waals surface area contributed by atoms with Crippen molar-refractivity contribution < 1.29 is 4.74 Å². The normalized spacial score (nSPS) is 14.0. The second kappa shape index (κ2) is 5.90. The van der Waals surface area contributed by atoms with Crippen LogP contribution in [0.4, 0.5) is 0 Å². The van der Waals surface area contributed by atoms with Gasteiger partial charge < -0.3 is 4.74 Å². The van der Waals surface area contributed by atoms with Gasteiger partial charge in [0.05, 0.1) is 0 Å². The quantitative estimate of drug-likeness (QED) is 0.746. The molecule has 0 aliphatic heterocycles. The number of hydrogen-bond acceptors (Lipinski definition) is 1. The highest BCUT2D eigenvalue weighted by Crippen LogP contribution is 2.15. The molecular formula is C16H16O. The molecule has 1 aromatic rings. The first-order valence-corrected chi connectivity index (χ1v) is 5.76. The van der Waals surface area contributed by atoms with Gasteiger partial charge in [0, 0.05) is 0 Å². The molecule has 0 aromatic heterocycles. The van der Waals surface area contributed by atoms with E-state index in [2.05, 4.69) is 37.0 Å². The first-order chi connectivity index (χ1) is 8.38. The van der Waals surface area contributed by atoms with Crippen LogP contribution in [0.25, 0.3) is 6.08 Å². The molecule has 0 heterocycles. The number of benzene rings is 1. The number of ether oxygens (including phenoxy) is 1. The number of allylic oxidation sites excluding steroid dienone is 4.